The second kappa shape index (κ2) is 5.13. The van der Waals surface area contributed by atoms with E-state index in [4.69, 9.17) is 5.73 Å². The van der Waals surface area contributed by atoms with Crippen LogP contribution >= 0.6 is 0 Å². The summed E-state index contributed by atoms with van der Waals surface area (Å²) in [5.41, 5.74) is 7.19. The Morgan fingerprint density at radius 3 is 2.32 bits per heavy atom. The molecule has 2 atom stereocenters. The maximum Gasteiger partial charge on any atom is 0.245 e. The van der Waals surface area contributed by atoms with Gasteiger partial charge in [0.15, 0.2) is 0 Å². The van der Waals surface area contributed by atoms with Crippen molar-refractivity contribution < 1.29 is 8.42 Å². The van der Waals surface area contributed by atoms with Gasteiger partial charge in [0.2, 0.25) is 10.0 Å². The Morgan fingerprint density at radius 1 is 1.21 bits per heavy atom. The minimum Gasteiger partial charge on any atom is -0.398 e. The summed E-state index contributed by atoms with van der Waals surface area (Å²) in [5, 5.41) is 0. The highest BCUT2D eigenvalue weighted by Gasteiger charge is 2.32. The third-order valence-electron chi connectivity index (χ3n) is 3.62. The van der Waals surface area contributed by atoms with Crippen molar-refractivity contribution in [2.45, 2.75) is 32.1 Å². The van der Waals surface area contributed by atoms with E-state index in [9.17, 15) is 8.42 Å². The molecule has 1 aromatic rings. The van der Waals surface area contributed by atoms with Gasteiger partial charge in [-0.3, -0.25) is 0 Å². The maximum absolute atomic E-state index is 12.7. The maximum atomic E-state index is 12.7. The van der Waals surface area contributed by atoms with Crippen molar-refractivity contribution in [2.75, 3.05) is 18.8 Å². The van der Waals surface area contributed by atoms with E-state index in [1.807, 2.05) is 6.92 Å². The topological polar surface area (TPSA) is 63.4 Å². The van der Waals surface area contributed by atoms with Crippen LogP contribution < -0.4 is 5.73 Å². The molecule has 4 nitrogen and oxygen atoms in total. The lowest BCUT2D eigenvalue weighted by Gasteiger charge is -2.34. The Labute approximate surface area is 115 Å². The summed E-state index contributed by atoms with van der Waals surface area (Å²) >= 11 is 0. The molecule has 0 amide bonds. The van der Waals surface area contributed by atoms with Crippen molar-refractivity contribution in [3.05, 3.63) is 23.8 Å². The third kappa shape index (κ3) is 2.92. The van der Waals surface area contributed by atoms with Crippen LogP contribution in [0.5, 0.6) is 0 Å². The van der Waals surface area contributed by atoms with E-state index in [0.29, 0.717) is 30.6 Å². The number of anilines is 1. The van der Waals surface area contributed by atoms with Crippen LogP contribution in [0.25, 0.3) is 0 Å². The smallest absolute Gasteiger partial charge is 0.245 e. The van der Waals surface area contributed by atoms with Crippen molar-refractivity contribution in [2.24, 2.45) is 11.8 Å². The van der Waals surface area contributed by atoms with E-state index in [0.717, 1.165) is 12.0 Å². The molecule has 0 saturated carbocycles. The Balaban J connectivity index is 2.36. The van der Waals surface area contributed by atoms with Crippen molar-refractivity contribution >= 4 is 15.7 Å². The fraction of sp³-hybridized carbons (Fsp3) is 0.571. The predicted octanol–water partition coefficient (Wildman–Crippen LogP) is 2.24. The molecule has 1 aromatic carbocycles. The van der Waals surface area contributed by atoms with Crippen molar-refractivity contribution in [1.29, 1.82) is 0 Å². The van der Waals surface area contributed by atoms with Crippen LogP contribution in [0, 0.1) is 18.8 Å². The van der Waals surface area contributed by atoms with Gasteiger partial charge < -0.3 is 5.73 Å². The highest BCUT2D eigenvalue weighted by molar-refractivity contribution is 7.89. The molecule has 1 heterocycles. The van der Waals surface area contributed by atoms with Crippen LogP contribution in [-0.2, 0) is 10.0 Å². The number of hydrogen-bond donors (Lipinski definition) is 1. The van der Waals surface area contributed by atoms with E-state index in [-0.39, 0.29) is 4.90 Å². The number of nitrogens with zero attached hydrogens (tertiary/aromatic N) is 1. The van der Waals surface area contributed by atoms with Gasteiger partial charge in [0, 0.05) is 13.1 Å². The summed E-state index contributed by atoms with van der Waals surface area (Å²) in [6.07, 6.45) is 1.08. The van der Waals surface area contributed by atoms with Gasteiger partial charge in [-0.05, 0) is 42.9 Å². The summed E-state index contributed by atoms with van der Waals surface area (Å²) in [6, 6.07) is 5.12. The normalized spacial score (nSPS) is 25.4. The van der Waals surface area contributed by atoms with Gasteiger partial charge in [0.25, 0.3) is 0 Å². The molecule has 0 aliphatic carbocycles. The van der Waals surface area contributed by atoms with E-state index < -0.39 is 10.0 Å². The van der Waals surface area contributed by atoms with Gasteiger partial charge in [0.1, 0.15) is 4.90 Å². The van der Waals surface area contributed by atoms with Crippen LogP contribution in [-0.4, -0.2) is 25.8 Å². The number of sulfonamides is 1. The molecule has 0 radical (unpaired) electrons. The van der Waals surface area contributed by atoms with Crippen molar-refractivity contribution in [3.63, 3.8) is 0 Å². The number of hydrogen-bond acceptors (Lipinski definition) is 3. The largest absolute Gasteiger partial charge is 0.398 e. The molecule has 19 heavy (non-hydrogen) atoms. The zero-order valence-corrected chi connectivity index (χ0v) is 12.6. The standard InChI is InChI=1S/C14H22N2O2S/c1-10-4-5-14(13(15)7-10)19(17,18)16-8-11(2)6-12(3)9-16/h4-5,7,11-12H,6,8-9,15H2,1-3H3. The van der Waals surface area contributed by atoms with Crippen LogP contribution in [0.15, 0.2) is 23.1 Å². The Bertz CT molecular complexity index is 559. The first-order valence-corrected chi connectivity index (χ1v) is 8.11. The second-order valence-corrected chi connectivity index (χ2v) is 7.72. The fourth-order valence-electron chi connectivity index (χ4n) is 2.84. The molecule has 0 spiro atoms. The molecular formula is C14H22N2O2S. The Morgan fingerprint density at radius 2 is 1.79 bits per heavy atom. The summed E-state index contributed by atoms with van der Waals surface area (Å²) in [4.78, 5) is 0.236. The third-order valence-corrected chi connectivity index (χ3v) is 5.52. The second-order valence-electron chi connectivity index (χ2n) is 5.81. The van der Waals surface area contributed by atoms with Crippen molar-refractivity contribution in [3.8, 4) is 0 Å². The van der Waals surface area contributed by atoms with E-state index in [2.05, 4.69) is 13.8 Å². The van der Waals surface area contributed by atoms with Gasteiger partial charge >= 0.3 is 0 Å². The zero-order chi connectivity index (χ0) is 14.2. The highest BCUT2D eigenvalue weighted by Crippen LogP contribution is 2.29. The lowest BCUT2D eigenvalue weighted by atomic mass is 9.94. The van der Waals surface area contributed by atoms with Gasteiger partial charge in [-0.2, -0.15) is 4.31 Å². The van der Waals surface area contributed by atoms with Crippen LogP contribution in [0.4, 0.5) is 5.69 Å². The molecule has 0 bridgehead atoms. The first-order valence-electron chi connectivity index (χ1n) is 6.67. The lowest BCUT2D eigenvalue weighted by Crippen LogP contribution is -2.42. The minimum atomic E-state index is -3.47. The Kier molecular flexibility index (Phi) is 3.87. The molecule has 106 valence electrons. The predicted molar refractivity (Wildman–Crippen MR) is 77.3 cm³/mol. The molecule has 0 aromatic heterocycles. The van der Waals surface area contributed by atoms with E-state index >= 15 is 0 Å². The first kappa shape index (κ1) is 14.3. The number of aryl methyl sites for hydroxylation is 1. The van der Waals surface area contributed by atoms with Gasteiger partial charge in [0.05, 0.1) is 5.69 Å². The van der Waals surface area contributed by atoms with Crippen LogP contribution in [0.2, 0.25) is 0 Å². The molecule has 1 aliphatic heterocycles. The van der Waals surface area contributed by atoms with Gasteiger partial charge in [-0.1, -0.05) is 19.9 Å². The molecule has 2 unspecified atom stereocenters. The highest BCUT2D eigenvalue weighted by atomic mass is 32.2. The lowest BCUT2D eigenvalue weighted by molar-refractivity contribution is 0.222. The molecular weight excluding hydrogens is 260 g/mol. The fourth-order valence-corrected chi connectivity index (χ4v) is 4.62. The van der Waals surface area contributed by atoms with E-state index in [1.54, 1.807) is 22.5 Å². The molecule has 1 saturated heterocycles. The number of rotatable bonds is 2. The van der Waals surface area contributed by atoms with Gasteiger partial charge in [-0.15, -0.1) is 0 Å². The van der Waals surface area contributed by atoms with Crippen LogP contribution in [0.3, 0.4) is 0 Å². The summed E-state index contributed by atoms with van der Waals surface area (Å²) in [6.45, 7) is 7.26. The molecule has 2 N–H and O–H groups in total. The van der Waals surface area contributed by atoms with Gasteiger partial charge in [-0.25, -0.2) is 8.42 Å². The number of nitrogen functional groups attached to an aromatic ring is 1. The number of piperidine rings is 1. The monoisotopic (exact) mass is 282 g/mol. The molecule has 2 rings (SSSR count). The minimum absolute atomic E-state index is 0.236. The number of nitrogens with two attached hydrogens (primary N) is 1. The number of benzene rings is 1. The summed E-state index contributed by atoms with van der Waals surface area (Å²) in [5.74, 6) is 0.787. The molecule has 1 aliphatic rings. The average Bonchev–Trinajstić information content (AvgIpc) is 2.26. The molecule has 5 heteroatoms. The zero-order valence-electron chi connectivity index (χ0n) is 11.8. The first-order chi connectivity index (χ1) is 8.80. The average molecular weight is 282 g/mol. The van der Waals surface area contributed by atoms with Crippen LogP contribution in [0.1, 0.15) is 25.8 Å². The van der Waals surface area contributed by atoms with E-state index in [1.165, 1.54) is 0 Å². The summed E-state index contributed by atoms with van der Waals surface area (Å²) in [7, 11) is -3.47. The quantitative estimate of drug-likeness (QED) is 0.846. The SMILES string of the molecule is Cc1ccc(S(=O)(=O)N2CC(C)CC(C)C2)c(N)c1. The Hall–Kier alpha value is -1.07. The summed E-state index contributed by atoms with van der Waals surface area (Å²) < 4.78 is 26.9. The van der Waals surface area contributed by atoms with Crippen molar-refractivity contribution in [1.82, 2.24) is 4.31 Å². The molecule has 1 fully saturated rings.